The van der Waals surface area contributed by atoms with E-state index >= 15 is 0 Å². The van der Waals surface area contributed by atoms with Crippen molar-refractivity contribution in [1.82, 2.24) is 9.97 Å². The summed E-state index contributed by atoms with van der Waals surface area (Å²) in [5.74, 6) is 2.27. The lowest BCUT2D eigenvalue weighted by molar-refractivity contribution is 0.807. The molecule has 0 unspecified atom stereocenters. The van der Waals surface area contributed by atoms with Crippen LogP contribution in [-0.4, -0.2) is 37.4 Å². The second-order valence-corrected chi connectivity index (χ2v) is 12.6. The molecule has 3 heterocycles. The van der Waals surface area contributed by atoms with Crippen molar-refractivity contribution < 1.29 is 0 Å². The summed E-state index contributed by atoms with van der Waals surface area (Å²) in [6, 6.07) is 20.1. The Morgan fingerprint density at radius 2 is 1.52 bits per heavy atom. The molecule has 2 aromatic carbocycles. The van der Waals surface area contributed by atoms with Crippen LogP contribution in [0.15, 0.2) is 67.0 Å². The highest BCUT2D eigenvalue weighted by molar-refractivity contribution is 5.85. The second-order valence-electron chi connectivity index (χ2n) is 12.6. The molecule has 0 spiro atoms. The molecule has 0 saturated heterocycles. The molecular formula is C36H46N6. The molecule has 6 nitrogen and oxygen atoms in total. The third-order valence-electron chi connectivity index (χ3n) is 8.35. The first kappa shape index (κ1) is 29.4. The van der Waals surface area contributed by atoms with Gasteiger partial charge in [-0.3, -0.25) is 4.98 Å². The lowest BCUT2D eigenvalue weighted by atomic mass is 9.81. The van der Waals surface area contributed by atoms with E-state index in [4.69, 9.17) is 4.98 Å². The van der Waals surface area contributed by atoms with E-state index in [-0.39, 0.29) is 0 Å². The van der Waals surface area contributed by atoms with E-state index in [0.717, 1.165) is 40.9 Å². The molecule has 0 radical (unpaired) electrons. The molecule has 5 rings (SSSR count). The SMILES string of the molecule is Cc1ncccc1N(C)CNc1cc(-c2c(C(C)C)cc(C(C)C)cc2C(C)C)cc(N2CN(C)c3cccnc32)c1. The summed E-state index contributed by atoms with van der Waals surface area (Å²) in [5.41, 5.74) is 12.3. The van der Waals surface area contributed by atoms with Gasteiger partial charge in [-0.05, 0) is 95.0 Å². The summed E-state index contributed by atoms with van der Waals surface area (Å²) < 4.78 is 0. The molecule has 4 aromatic rings. The van der Waals surface area contributed by atoms with Gasteiger partial charge in [0.05, 0.1) is 30.4 Å². The Kier molecular flexibility index (Phi) is 8.44. The fraction of sp³-hybridized carbons (Fsp3) is 0.389. The molecule has 0 atom stereocenters. The Bertz CT molecular complexity index is 1530. The molecule has 0 amide bonds. The summed E-state index contributed by atoms with van der Waals surface area (Å²) in [6.45, 7) is 17.3. The van der Waals surface area contributed by atoms with Crippen LogP contribution in [0.3, 0.4) is 0 Å². The number of fused-ring (bicyclic) bond motifs is 1. The van der Waals surface area contributed by atoms with Gasteiger partial charge in [-0.1, -0.05) is 53.7 Å². The van der Waals surface area contributed by atoms with Gasteiger partial charge >= 0.3 is 0 Å². The van der Waals surface area contributed by atoms with Crippen molar-refractivity contribution in [1.29, 1.82) is 0 Å². The Morgan fingerprint density at radius 1 is 0.857 bits per heavy atom. The quantitative estimate of drug-likeness (QED) is 0.206. The van der Waals surface area contributed by atoms with Gasteiger partial charge in [-0.15, -0.1) is 0 Å². The fourth-order valence-corrected chi connectivity index (χ4v) is 5.93. The average molecular weight is 563 g/mol. The highest BCUT2D eigenvalue weighted by Crippen LogP contribution is 2.44. The van der Waals surface area contributed by atoms with Gasteiger partial charge in [-0.2, -0.15) is 0 Å². The maximum absolute atomic E-state index is 4.79. The summed E-state index contributed by atoms with van der Waals surface area (Å²) >= 11 is 0. The molecule has 1 aliphatic rings. The molecule has 42 heavy (non-hydrogen) atoms. The van der Waals surface area contributed by atoms with Crippen molar-refractivity contribution in [2.24, 2.45) is 0 Å². The van der Waals surface area contributed by atoms with Crippen LogP contribution in [0.4, 0.5) is 28.6 Å². The maximum atomic E-state index is 4.79. The normalized spacial score (nSPS) is 13.0. The Morgan fingerprint density at radius 3 is 2.17 bits per heavy atom. The molecule has 0 bridgehead atoms. The van der Waals surface area contributed by atoms with Crippen LogP contribution < -0.4 is 20.0 Å². The molecule has 220 valence electrons. The minimum Gasteiger partial charge on any atom is -0.368 e. The van der Waals surface area contributed by atoms with Gasteiger partial charge in [0.25, 0.3) is 0 Å². The van der Waals surface area contributed by atoms with E-state index in [2.05, 4.69) is 130 Å². The molecule has 0 saturated carbocycles. The van der Waals surface area contributed by atoms with Gasteiger partial charge in [0.1, 0.15) is 0 Å². The van der Waals surface area contributed by atoms with Crippen molar-refractivity contribution in [3.05, 3.63) is 89.4 Å². The van der Waals surface area contributed by atoms with Crippen molar-refractivity contribution in [3.8, 4) is 11.1 Å². The number of aryl methyl sites for hydroxylation is 1. The highest BCUT2D eigenvalue weighted by Gasteiger charge is 2.27. The van der Waals surface area contributed by atoms with Crippen molar-refractivity contribution in [3.63, 3.8) is 0 Å². The molecule has 6 heteroatoms. The van der Waals surface area contributed by atoms with Crippen molar-refractivity contribution in [2.45, 2.75) is 66.2 Å². The van der Waals surface area contributed by atoms with E-state index in [1.807, 2.05) is 24.5 Å². The second kappa shape index (κ2) is 12.0. The standard InChI is InChI=1S/C36H46N6/c1-23(2)27-18-31(24(3)4)35(32(19-27)25(5)6)28-16-29(39-21-40(8)33-12-10-14-37-26(33)7)20-30(17-28)42-22-41(9)34-13-11-15-38-36(34)42/h10-20,23-25,39H,21-22H2,1-9H3. The van der Waals surface area contributed by atoms with Gasteiger partial charge in [0, 0.05) is 37.9 Å². The lowest BCUT2D eigenvalue weighted by Gasteiger charge is -2.26. The van der Waals surface area contributed by atoms with Gasteiger partial charge in [-0.25, -0.2) is 4.98 Å². The zero-order valence-electron chi connectivity index (χ0n) is 26.7. The number of benzene rings is 2. The number of nitrogens with one attached hydrogen (secondary N) is 1. The van der Waals surface area contributed by atoms with Crippen molar-refractivity contribution in [2.75, 3.05) is 47.4 Å². The third kappa shape index (κ3) is 5.80. The molecule has 1 aliphatic heterocycles. The van der Waals surface area contributed by atoms with E-state index in [0.29, 0.717) is 24.4 Å². The van der Waals surface area contributed by atoms with Crippen LogP contribution in [0.25, 0.3) is 11.1 Å². The zero-order valence-corrected chi connectivity index (χ0v) is 26.7. The Hall–Kier alpha value is -4.06. The minimum atomic E-state index is 0.399. The summed E-state index contributed by atoms with van der Waals surface area (Å²) in [6.07, 6.45) is 3.73. The lowest BCUT2D eigenvalue weighted by Crippen LogP contribution is -2.26. The Labute approximate surface area is 252 Å². The van der Waals surface area contributed by atoms with Crippen LogP contribution in [0.2, 0.25) is 0 Å². The first-order chi connectivity index (χ1) is 20.0. The number of nitrogens with zero attached hydrogens (tertiary/aromatic N) is 5. The van der Waals surface area contributed by atoms with Gasteiger partial charge in [0.2, 0.25) is 0 Å². The molecule has 1 N–H and O–H groups in total. The van der Waals surface area contributed by atoms with Crippen LogP contribution in [-0.2, 0) is 0 Å². The van der Waals surface area contributed by atoms with Crippen LogP contribution >= 0.6 is 0 Å². The smallest absolute Gasteiger partial charge is 0.158 e. The molecule has 0 aliphatic carbocycles. The van der Waals surface area contributed by atoms with Crippen LogP contribution in [0, 0.1) is 6.92 Å². The van der Waals surface area contributed by atoms with Crippen molar-refractivity contribution >= 4 is 28.6 Å². The summed E-state index contributed by atoms with van der Waals surface area (Å²) in [4.78, 5) is 16.1. The van der Waals surface area contributed by atoms with E-state index in [1.165, 1.54) is 27.8 Å². The molecular weight excluding hydrogens is 516 g/mol. The zero-order chi connectivity index (χ0) is 30.1. The number of hydrogen-bond donors (Lipinski definition) is 1. The van der Waals surface area contributed by atoms with Gasteiger partial charge in [0.15, 0.2) is 5.82 Å². The first-order valence-electron chi connectivity index (χ1n) is 15.2. The van der Waals surface area contributed by atoms with Crippen LogP contribution in [0.5, 0.6) is 0 Å². The third-order valence-corrected chi connectivity index (χ3v) is 8.35. The summed E-state index contributed by atoms with van der Waals surface area (Å²) in [7, 11) is 4.24. The van der Waals surface area contributed by atoms with E-state index in [1.54, 1.807) is 0 Å². The summed E-state index contributed by atoms with van der Waals surface area (Å²) in [5, 5.41) is 3.74. The monoisotopic (exact) mass is 562 g/mol. The average Bonchev–Trinajstić information content (AvgIpc) is 3.31. The highest BCUT2D eigenvalue weighted by atomic mass is 15.4. The fourth-order valence-electron chi connectivity index (χ4n) is 5.93. The van der Waals surface area contributed by atoms with Crippen LogP contribution in [0.1, 0.15) is 81.7 Å². The van der Waals surface area contributed by atoms with Gasteiger partial charge < -0.3 is 20.0 Å². The number of rotatable bonds is 9. The first-order valence-corrected chi connectivity index (χ1v) is 15.2. The van der Waals surface area contributed by atoms with E-state index < -0.39 is 0 Å². The Balaban J connectivity index is 1.65. The number of hydrogen-bond acceptors (Lipinski definition) is 6. The number of anilines is 5. The van der Waals surface area contributed by atoms with E-state index in [9.17, 15) is 0 Å². The topological polar surface area (TPSA) is 47.5 Å². The maximum Gasteiger partial charge on any atom is 0.158 e. The largest absolute Gasteiger partial charge is 0.368 e. The minimum absolute atomic E-state index is 0.399. The predicted molar refractivity (Wildman–Crippen MR) is 180 cm³/mol. The number of pyridine rings is 2. The molecule has 0 fully saturated rings. The molecule has 2 aromatic heterocycles. The number of aromatic nitrogens is 2. The predicted octanol–water partition coefficient (Wildman–Crippen LogP) is 8.87.